The Morgan fingerprint density at radius 3 is 2.56 bits per heavy atom. The molecule has 1 amide bonds. The molecule has 1 rings (SSSR count). The number of benzene rings is 1. The van der Waals surface area contributed by atoms with Crippen molar-refractivity contribution in [2.24, 2.45) is 0 Å². The zero-order valence-corrected chi connectivity index (χ0v) is 9.90. The number of carbonyl (C=O) groups is 1. The molecule has 1 aromatic carbocycles. The van der Waals surface area contributed by atoms with Gasteiger partial charge in [-0.25, -0.2) is 0 Å². The van der Waals surface area contributed by atoms with Gasteiger partial charge in [-0.15, -0.1) is 0 Å². The van der Waals surface area contributed by atoms with Crippen molar-refractivity contribution in [3.63, 3.8) is 0 Å². The van der Waals surface area contributed by atoms with E-state index < -0.39 is 0 Å². The molecule has 1 aromatic rings. The topological polar surface area (TPSA) is 44.1 Å². The Morgan fingerprint density at radius 1 is 1.44 bits per heavy atom. The highest BCUT2D eigenvalue weighted by Crippen LogP contribution is 2.12. The monoisotopic (exact) mass is 216 g/mol. The third kappa shape index (κ3) is 2.60. The van der Waals surface area contributed by atoms with Crippen molar-refractivity contribution in [2.45, 2.75) is 26.8 Å². The van der Waals surface area contributed by atoms with E-state index in [0.29, 0.717) is 5.56 Å². The van der Waals surface area contributed by atoms with Crippen molar-refractivity contribution in [1.29, 1.82) is 5.26 Å². The molecule has 0 unspecified atom stereocenters. The number of hydrogen-bond donors (Lipinski definition) is 0. The summed E-state index contributed by atoms with van der Waals surface area (Å²) in [5, 5.41) is 8.71. The van der Waals surface area contributed by atoms with Crippen LogP contribution >= 0.6 is 0 Å². The van der Waals surface area contributed by atoms with Crippen LogP contribution in [0.3, 0.4) is 0 Å². The second kappa shape index (κ2) is 5.32. The first-order chi connectivity index (χ1) is 7.57. The third-order valence-electron chi connectivity index (χ3n) is 2.50. The fourth-order valence-electron chi connectivity index (χ4n) is 1.53. The summed E-state index contributed by atoms with van der Waals surface area (Å²) in [6.07, 6.45) is 0. The Balaban J connectivity index is 3.01. The van der Waals surface area contributed by atoms with Crippen LogP contribution in [0.25, 0.3) is 0 Å². The minimum atomic E-state index is -0.0744. The predicted molar refractivity (Wildman–Crippen MR) is 63.0 cm³/mol. The molecule has 0 bridgehead atoms. The Hall–Kier alpha value is -1.82. The lowest BCUT2D eigenvalue weighted by molar-refractivity contribution is 0.0730. The molecule has 0 atom stereocenters. The number of nitriles is 1. The van der Waals surface area contributed by atoms with Gasteiger partial charge in [-0.05, 0) is 32.4 Å². The fraction of sp³-hybridized carbons (Fsp3) is 0.385. The van der Waals surface area contributed by atoms with Crippen LogP contribution < -0.4 is 0 Å². The smallest absolute Gasteiger partial charge is 0.255 e. The highest BCUT2D eigenvalue weighted by molar-refractivity contribution is 5.95. The van der Waals surface area contributed by atoms with Crippen molar-refractivity contribution >= 4 is 5.91 Å². The summed E-state index contributed by atoms with van der Waals surface area (Å²) in [6.45, 7) is 5.85. The van der Waals surface area contributed by atoms with Crippen molar-refractivity contribution in [3.8, 4) is 6.07 Å². The zero-order chi connectivity index (χ0) is 12.1. The van der Waals surface area contributed by atoms with E-state index in [0.717, 1.165) is 5.56 Å². The SMILES string of the molecule is Cc1ccccc1C(=O)N(CC#N)C(C)C. The molecule has 3 heteroatoms. The number of aryl methyl sites for hydroxylation is 1. The highest BCUT2D eigenvalue weighted by Gasteiger charge is 2.19. The number of rotatable bonds is 3. The molecule has 0 saturated carbocycles. The molecular weight excluding hydrogens is 200 g/mol. The molecule has 0 aromatic heterocycles. The Bertz CT molecular complexity index is 418. The second-order valence-electron chi connectivity index (χ2n) is 4.00. The predicted octanol–water partition coefficient (Wildman–Crippen LogP) is 2.37. The maximum atomic E-state index is 12.2. The molecular formula is C13H16N2O. The van der Waals surface area contributed by atoms with E-state index >= 15 is 0 Å². The average molecular weight is 216 g/mol. The van der Waals surface area contributed by atoms with Crippen LogP contribution in [0.4, 0.5) is 0 Å². The lowest BCUT2D eigenvalue weighted by Crippen LogP contribution is -2.37. The van der Waals surface area contributed by atoms with E-state index in [-0.39, 0.29) is 18.5 Å². The van der Waals surface area contributed by atoms with Crippen LogP contribution in [0, 0.1) is 18.3 Å². The van der Waals surface area contributed by atoms with Gasteiger partial charge in [-0.1, -0.05) is 18.2 Å². The lowest BCUT2D eigenvalue weighted by Gasteiger charge is -2.24. The summed E-state index contributed by atoms with van der Waals surface area (Å²) in [4.78, 5) is 13.7. The molecule has 0 spiro atoms. The Labute approximate surface area is 96.3 Å². The molecule has 0 heterocycles. The molecule has 3 nitrogen and oxygen atoms in total. The van der Waals surface area contributed by atoms with E-state index in [1.54, 1.807) is 11.0 Å². The van der Waals surface area contributed by atoms with Crippen LogP contribution in [0.5, 0.6) is 0 Å². The van der Waals surface area contributed by atoms with Gasteiger partial charge in [0.2, 0.25) is 0 Å². The maximum absolute atomic E-state index is 12.2. The van der Waals surface area contributed by atoms with Gasteiger partial charge in [-0.3, -0.25) is 4.79 Å². The molecule has 0 radical (unpaired) electrons. The lowest BCUT2D eigenvalue weighted by atomic mass is 10.1. The van der Waals surface area contributed by atoms with E-state index in [1.165, 1.54) is 0 Å². The summed E-state index contributed by atoms with van der Waals surface area (Å²) >= 11 is 0. The minimum absolute atomic E-state index is 0.0340. The largest absolute Gasteiger partial charge is 0.323 e. The standard InChI is InChI=1S/C13H16N2O/c1-10(2)15(9-8-14)13(16)12-7-5-4-6-11(12)3/h4-7,10H,9H2,1-3H3. The Morgan fingerprint density at radius 2 is 2.06 bits per heavy atom. The third-order valence-corrected chi connectivity index (χ3v) is 2.50. The van der Waals surface area contributed by atoms with E-state index in [1.807, 2.05) is 45.0 Å². The molecule has 0 aliphatic rings. The molecule has 0 saturated heterocycles. The van der Waals surface area contributed by atoms with Crippen LogP contribution in [0.15, 0.2) is 24.3 Å². The average Bonchev–Trinajstić information content (AvgIpc) is 2.25. The fourth-order valence-corrected chi connectivity index (χ4v) is 1.53. The quantitative estimate of drug-likeness (QED) is 0.728. The molecule has 0 aliphatic carbocycles. The van der Waals surface area contributed by atoms with E-state index in [9.17, 15) is 4.79 Å². The van der Waals surface area contributed by atoms with Crippen LogP contribution in [-0.2, 0) is 0 Å². The summed E-state index contributed by atoms with van der Waals surface area (Å²) in [5.74, 6) is -0.0744. The normalized spacial score (nSPS) is 9.94. The number of nitrogens with zero attached hydrogens (tertiary/aromatic N) is 2. The summed E-state index contributed by atoms with van der Waals surface area (Å²) in [6, 6.07) is 9.49. The van der Waals surface area contributed by atoms with Crippen LogP contribution in [-0.4, -0.2) is 23.4 Å². The summed E-state index contributed by atoms with van der Waals surface area (Å²) in [7, 11) is 0. The van der Waals surface area contributed by atoms with Gasteiger partial charge in [0, 0.05) is 11.6 Å². The van der Waals surface area contributed by atoms with Crippen LogP contribution in [0.2, 0.25) is 0 Å². The maximum Gasteiger partial charge on any atom is 0.255 e. The Kier molecular flexibility index (Phi) is 4.07. The molecule has 0 aliphatic heterocycles. The highest BCUT2D eigenvalue weighted by atomic mass is 16.2. The summed E-state index contributed by atoms with van der Waals surface area (Å²) in [5.41, 5.74) is 1.61. The molecule has 16 heavy (non-hydrogen) atoms. The van der Waals surface area contributed by atoms with Crippen molar-refractivity contribution < 1.29 is 4.79 Å². The zero-order valence-electron chi connectivity index (χ0n) is 9.90. The van der Waals surface area contributed by atoms with Gasteiger partial charge in [0.25, 0.3) is 5.91 Å². The van der Waals surface area contributed by atoms with Gasteiger partial charge in [0.1, 0.15) is 6.54 Å². The first-order valence-corrected chi connectivity index (χ1v) is 5.31. The van der Waals surface area contributed by atoms with Crippen molar-refractivity contribution in [1.82, 2.24) is 4.90 Å². The second-order valence-corrected chi connectivity index (χ2v) is 4.00. The first-order valence-electron chi connectivity index (χ1n) is 5.31. The van der Waals surface area contributed by atoms with Gasteiger partial charge < -0.3 is 4.90 Å². The van der Waals surface area contributed by atoms with E-state index in [2.05, 4.69) is 0 Å². The van der Waals surface area contributed by atoms with Gasteiger partial charge in [-0.2, -0.15) is 5.26 Å². The molecule has 0 fully saturated rings. The van der Waals surface area contributed by atoms with Crippen molar-refractivity contribution in [3.05, 3.63) is 35.4 Å². The van der Waals surface area contributed by atoms with Crippen molar-refractivity contribution in [2.75, 3.05) is 6.54 Å². The number of hydrogen-bond acceptors (Lipinski definition) is 2. The minimum Gasteiger partial charge on any atom is -0.323 e. The number of carbonyl (C=O) groups excluding carboxylic acids is 1. The van der Waals surface area contributed by atoms with Gasteiger partial charge >= 0.3 is 0 Å². The molecule has 84 valence electrons. The number of amides is 1. The van der Waals surface area contributed by atoms with Gasteiger partial charge in [0.15, 0.2) is 0 Å². The first kappa shape index (κ1) is 12.3. The molecule has 0 N–H and O–H groups in total. The van der Waals surface area contributed by atoms with Crippen LogP contribution in [0.1, 0.15) is 29.8 Å². The summed E-state index contributed by atoms with van der Waals surface area (Å²) < 4.78 is 0. The van der Waals surface area contributed by atoms with E-state index in [4.69, 9.17) is 5.26 Å². The van der Waals surface area contributed by atoms with Gasteiger partial charge in [0.05, 0.1) is 6.07 Å².